The Labute approximate surface area is 216 Å². The van der Waals surface area contributed by atoms with E-state index in [1.807, 2.05) is 23.1 Å². The van der Waals surface area contributed by atoms with Gasteiger partial charge in [0.05, 0.1) is 7.11 Å². The van der Waals surface area contributed by atoms with Crippen molar-refractivity contribution in [2.45, 2.75) is 26.3 Å². The van der Waals surface area contributed by atoms with Crippen molar-refractivity contribution >= 4 is 5.91 Å². The van der Waals surface area contributed by atoms with Gasteiger partial charge in [-0.1, -0.05) is 32.0 Å². The molecule has 0 aromatic heterocycles. The molecule has 0 bridgehead atoms. The summed E-state index contributed by atoms with van der Waals surface area (Å²) in [4.78, 5) is 17.5. The lowest BCUT2D eigenvalue weighted by molar-refractivity contribution is 0.0703. The summed E-state index contributed by atoms with van der Waals surface area (Å²) in [5.41, 5.74) is 2.26. The van der Waals surface area contributed by atoms with Crippen molar-refractivity contribution in [2.24, 2.45) is 11.8 Å². The first-order valence-corrected chi connectivity index (χ1v) is 12.6. The molecule has 4 nitrogen and oxygen atoms in total. The fourth-order valence-electron chi connectivity index (χ4n) is 5.16. The third kappa shape index (κ3) is 6.72. The van der Waals surface area contributed by atoms with Crippen molar-refractivity contribution in [3.05, 3.63) is 101 Å². The fourth-order valence-corrected chi connectivity index (χ4v) is 5.16. The molecule has 2 atom stereocenters. The first-order chi connectivity index (χ1) is 17.7. The van der Waals surface area contributed by atoms with Crippen LogP contribution < -0.4 is 4.74 Å². The number of carbonyl (C=O) groups excluding carboxylic acids is 1. The van der Waals surface area contributed by atoms with Gasteiger partial charge in [-0.3, -0.25) is 9.69 Å². The Hall–Kier alpha value is -3.32. The van der Waals surface area contributed by atoms with Gasteiger partial charge < -0.3 is 9.64 Å². The Balaban J connectivity index is 1.60. The van der Waals surface area contributed by atoms with Crippen molar-refractivity contribution in [2.75, 3.05) is 33.3 Å². The highest BCUT2D eigenvalue weighted by molar-refractivity contribution is 5.94. The maximum Gasteiger partial charge on any atom is 0.253 e. The molecule has 1 amide bonds. The van der Waals surface area contributed by atoms with Crippen LogP contribution in [-0.4, -0.2) is 49.0 Å². The third-order valence-corrected chi connectivity index (χ3v) is 6.85. The number of benzene rings is 3. The van der Waals surface area contributed by atoms with Crippen LogP contribution in [0.25, 0.3) is 0 Å². The minimum atomic E-state index is -0.860. The average molecular weight is 511 g/mol. The predicted octanol–water partition coefficient (Wildman–Crippen LogP) is 6.13. The van der Waals surface area contributed by atoms with Gasteiger partial charge in [0.2, 0.25) is 0 Å². The molecule has 3 aromatic rings. The predicted molar refractivity (Wildman–Crippen MR) is 138 cm³/mol. The van der Waals surface area contributed by atoms with E-state index in [1.165, 1.54) is 30.3 Å². The molecule has 196 valence electrons. The van der Waals surface area contributed by atoms with Gasteiger partial charge in [-0.05, 0) is 71.5 Å². The smallest absolute Gasteiger partial charge is 0.253 e. The molecule has 1 saturated heterocycles. The van der Waals surface area contributed by atoms with Gasteiger partial charge in [-0.2, -0.15) is 0 Å². The average Bonchev–Trinajstić information content (AvgIpc) is 3.27. The topological polar surface area (TPSA) is 32.8 Å². The molecule has 1 fully saturated rings. The van der Waals surface area contributed by atoms with Crippen LogP contribution in [0.4, 0.5) is 13.2 Å². The molecule has 0 aliphatic carbocycles. The second-order valence-corrected chi connectivity index (χ2v) is 10.2. The Morgan fingerprint density at radius 3 is 2.43 bits per heavy atom. The van der Waals surface area contributed by atoms with Crippen LogP contribution in [-0.2, 0) is 6.54 Å². The van der Waals surface area contributed by atoms with Crippen molar-refractivity contribution in [1.29, 1.82) is 0 Å². The second-order valence-electron chi connectivity index (χ2n) is 10.2. The number of methoxy groups -OCH3 is 1. The molecule has 1 heterocycles. The lowest BCUT2D eigenvalue weighted by Gasteiger charge is -2.30. The Kier molecular flexibility index (Phi) is 8.54. The number of hydrogen-bond donors (Lipinski definition) is 0. The number of hydrogen-bond acceptors (Lipinski definition) is 3. The Bertz CT molecular complexity index is 1220. The first-order valence-electron chi connectivity index (χ1n) is 12.6. The highest BCUT2D eigenvalue weighted by Gasteiger charge is 2.36. The Morgan fingerprint density at radius 2 is 1.76 bits per heavy atom. The van der Waals surface area contributed by atoms with Gasteiger partial charge >= 0.3 is 0 Å². The minimum absolute atomic E-state index is 0.0977. The van der Waals surface area contributed by atoms with E-state index in [4.69, 9.17) is 4.74 Å². The third-order valence-electron chi connectivity index (χ3n) is 6.85. The lowest BCUT2D eigenvalue weighted by atomic mass is 9.88. The molecule has 0 saturated carbocycles. The number of amides is 1. The summed E-state index contributed by atoms with van der Waals surface area (Å²) in [5.74, 6) is -1.01. The molecule has 0 radical (unpaired) electrons. The van der Waals surface area contributed by atoms with E-state index in [9.17, 15) is 18.0 Å². The highest BCUT2D eigenvalue weighted by atomic mass is 19.2. The largest absolute Gasteiger partial charge is 0.497 e. The summed E-state index contributed by atoms with van der Waals surface area (Å²) < 4.78 is 46.2. The number of ether oxygens (including phenoxy) is 1. The maximum absolute atomic E-state index is 13.8. The molecular formula is C30H33F3N2O2. The number of rotatable bonds is 9. The van der Waals surface area contributed by atoms with Gasteiger partial charge in [-0.15, -0.1) is 0 Å². The lowest BCUT2D eigenvalue weighted by Crippen LogP contribution is -2.39. The van der Waals surface area contributed by atoms with Crippen LogP contribution in [0.1, 0.15) is 41.3 Å². The molecular weight excluding hydrogens is 477 g/mol. The van der Waals surface area contributed by atoms with Crippen molar-refractivity contribution < 1.29 is 22.7 Å². The van der Waals surface area contributed by atoms with E-state index < -0.39 is 11.6 Å². The van der Waals surface area contributed by atoms with Gasteiger partial charge in [0.1, 0.15) is 11.6 Å². The van der Waals surface area contributed by atoms with E-state index >= 15 is 0 Å². The maximum atomic E-state index is 13.8. The van der Waals surface area contributed by atoms with Crippen LogP contribution >= 0.6 is 0 Å². The zero-order valence-corrected chi connectivity index (χ0v) is 21.5. The summed E-state index contributed by atoms with van der Waals surface area (Å²) in [6.07, 6.45) is 0. The standard InChI is InChI=1S/C30H33F3N2O2/c1-20(2)15-35(30(36)22-8-10-25(31)11-9-22)18-24-17-34(16-21-7-12-28(32)29(33)13-21)19-27(24)23-5-4-6-26(14-23)37-3/h4-14,20,24,27H,15-19H2,1-3H3/t24-,27+/m1/s1. The van der Waals surface area contributed by atoms with E-state index in [0.717, 1.165) is 17.4 Å². The molecule has 1 aliphatic rings. The van der Waals surface area contributed by atoms with Crippen molar-refractivity contribution in [1.82, 2.24) is 9.80 Å². The summed E-state index contributed by atoms with van der Waals surface area (Å²) in [6, 6.07) is 17.6. The molecule has 3 aromatic carbocycles. The summed E-state index contributed by atoms with van der Waals surface area (Å²) >= 11 is 0. The molecule has 0 unspecified atom stereocenters. The van der Waals surface area contributed by atoms with Gasteiger partial charge in [0.15, 0.2) is 11.6 Å². The van der Waals surface area contributed by atoms with E-state index in [2.05, 4.69) is 24.8 Å². The van der Waals surface area contributed by atoms with Gasteiger partial charge in [-0.25, -0.2) is 13.2 Å². The molecule has 0 N–H and O–H groups in total. The van der Waals surface area contributed by atoms with Crippen LogP contribution in [0, 0.1) is 29.3 Å². The van der Waals surface area contributed by atoms with Crippen LogP contribution in [0.3, 0.4) is 0 Å². The van der Waals surface area contributed by atoms with Gasteiger partial charge in [0.25, 0.3) is 5.91 Å². The number of carbonyl (C=O) groups is 1. The molecule has 7 heteroatoms. The van der Waals surface area contributed by atoms with E-state index in [1.54, 1.807) is 13.2 Å². The Morgan fingerprint density at radius 1 is 1.00 bits per heavy atom. The summed E-state index contributed by atoms with van der Waals surface area (Å²) in [5, 5.41) is 0. The zero-order chi connectivity index (χ0) is 26.5. The zero-order valence-electron chi connectivity index (χ0n) is 21.5. The highest BCUT2D eigenvalue weighted by Crippen LogP contribution is 2.36. The molecule has 37 heavy (non-hydrogen) atoms. The fraction of sp³-hybridized carbons (Fsp3) is 0.367. The second kappa shape index (κ2) is 11.8. The number of likely N-dealkylation sites (tertiary alicyclic amines) is 1. The van der Waals surface area contributed by atoms with E-state index in [-0.39, 0.29) is 29.5 Å². The van der Waals surface area contributed by atoms with Crippen LogP contribution in [0.2, 0.25) is 0 Å². The first kappa shape index (κ1) is 26.7. The quantitative estimate of drug-likeness (QED) is 0.347. The normalized spacial score (nSPS) is 17.8. The SMILES string of the molecule is COc1cccc([C@@H]2CN(Cc3ccc(F)c(F)c3)C[C@@H]2CN(CC(C)C)C(=O)c2ccc(F)cc2)c1. The number of nitrogens with zero attached hydrogens (tertiary/aromatic N) is 2. The van der Waals surface area contributed by atoms with Crippen LogP contribution in [0.5, 0.6) is 5.75 Å². The molecule has 4 rings (SSSR count). The summed E-state index contributed by atoms with van der Waals surface area (Å²) in [6.45, 7) is 7.09. The van der Waals surface area contributed by atoms with Crippen molar-refractivity contribution in [3.63, 3.8) is 0 Å². The van der Waals surface area contributed by atoms with Crippen molar-refractivity contribution in [3.8, 4) is 5.75 Å². The van der Waals surface area contributed by atoms with Crippen LogP contribution in [0.15, 0.2) is 66.7 Å². The van der Waals surface area contributed by atoms with Gasteiger partial charge in [0, 0.05) is 44.2 Å². The molecule has 1 aliphatic heterocycles. The number of halogens is 3. The molecule has 0 spiro atoms. The monoisotopic (exact) mass is 510 g/mol. The minimum Gasteiger partial charge on any atom is -0.497 e. The summed E-state index contributed by atoms with van der Waals surface area (Å²) in [7, 11) is 1.63. The van der Waals surface area contributed by atoms with E-state index in [0.29, 0.717) is 43.9 Å².